The first-order valence-corrected chi connectivity index (χ1v) is 6.90. The van der Waals surface area contributed by atoms with E-state index in [0.717, 1.165) is 24.3 Å². The molecule has 1 aromatic heterocycles. The van der Waals surface area contributed by atoms with Crippen molar-refractivity contribution >= 4 is 28.9 Å². The van der Waals surface area contributed by atoms with E-state index in [1.54, 1.807) is 17.0 Å². The van der Waals surface area contributed by atoms with Crippen molar-refractivity contribution in [2.24, 2.45) is 0 Å². The first-order chi connectivity index (χ1) is 9.75. The molecule has 0 unspecified atom stereocenters. The van der Waals surface area contributed by atoms with Crippen LogP contribution in [0.2, 0.25) is 5.02 Å². The predicted molar refractivity (Wildman–Crippen MR) is 80.5 cm³/mol. The molecule has 102 valence electrons. The molecular formula is C15H14ClN3O. The number of rotatable bonds is 1. The molecule has 5 heteroatoms. The second-order valence-electron chi connectivity index (χ2n) is 4.62. The number of hydrogen-bond donors (Lipinski definition) is 1. The van der Waals surface area contributed by atoms with Crippen molar-refractivity contribution in [3.8, 4) is 0 Å². The highest BCUT2D eigenvalue weighted by atomic mass is 35.5. The summed E-state index contributed by atoms with van der Waals surface area (Å²) in [5.74, 6) is -0.0992. The lowest BCUT2D eigenvalue weighted by atomic mass is 10.2. The summed E-state index contributed by atoms with van der Waals surface area (Å²) in [5.41, 5.74) is 2.28. The summed E-state index contributed by atoms with van der Waals surface area (Å²) in [4.78, 5) is 18.5. The normalized spacial score (nSPS) is 14.2. The Hall–Kier alpha value is -2.07. The molecule has 0 radical (unpaired) electrons. The highest BCUT2D eigenvalue weighted by Gasteiger charge is 2.22. The van der Waals surface area contributed by atoms with Crippen LogP contribution >= 0.6 is 11.6 Å². The second kappa shape index (κ2) is 5.51. The van der Waals surface area contributed by atoms with E-state index in [1.165, 1.54) is 6.20 Å². The van der Waals surface area contributed by atoms with Gasteiger partial charge < -0.3 is 10.2 Å². The molecule has 1 aromatic carbocycles. The maximum absolute atomic E-state index is 12.6. The number of halogens is 1. The predicted octanol–water partition coefficient (Wildman–Crippen LogP) is 3.20. The van der Waals surface area contributed by atoms with E-state index in [9.17, 15) is 4.79 Å². The quantitative estimate of drug-likeness (QED) is 0.876. The summed E-state index contributed by atoms with van der Waals surface area (Å²) in [5, 5.41) is 3.86. The minimum Gasteiger partial charge on any atom is -0.383 e. The van der Waals surface area contributed by atoms with Crippen LogP contribution in [0.3, 0.4) is 0 Å². The molecule has 4 nitrogen and oxygen atoms in total. The lowest BCUT2D eigenvalue weighted by Gasteiger charge is -2.21. The van der Waals surface area contributed by atoms with Gasteiger partial charge in [0.2, 0.25) is 0 Å². The Morgan fingerprint density at radius 1 is 1.25 bits per heavy atom. The largest absolute Gasteiger partial charge is 0.383 e. The van der Waals surface area contributed by atoms with Crippen molar-refractivity contribution in [2.45, 2.75) is 6.42 Å². The number of amides is 1. The summed E-state index contributed by atoms with van der Waals surface area (Å²) >= 11 is 5.81. The molecule has 20 heavy (non-hydrogen) atoms. The summed E-state index contributed by atoms with van der Waals surface area (Å²) in [6.07, 6.45) is 2.39. The van der Waals surface area contributed by atoms with Gasteiger partial charge in [0.05, 0.1) is 16.4 Å². The van der Waals surface area contributed by atoms with Crippen LogP contribution in [-0.4, -0.2) is 24.0 Å². The van der Waals surface area contributed by atoms with Crippen molar-refractivity contribution < 1.29 is 4.79 Å². The van der Waals surface area contributed by atoms with Gasteiger partial charge in [-0.1, -0.05) is 23.7 Å². The minimum absolute atomic E-state index is 0.0992. The number of para-hydroxylation sites is 2. The van der Waals surface area contributed by atoms with Gasteiger partial charge in [-0.25, -0.2) is 4.98 Å². The minimum atomic E-state index is -0.0992. The van der Waals surface area contributed by atoms with E-state index in [-0.39, 0.29) is 5.91 Å². The van der Waals surface area contributed by atoms with Crippen LogP contribution in [0.25, 0.3) is 0 Å². The van der Waals surface area contributed by atoms with E-state index in [4.69, 9.17) is 11.6 Å². The van der Waals surface area contributed by atoms with Crippen molar-refractivity contribution in [3.05, 3.63) is 53.3 Å². The fraction of sp³-hybridized carbons (Fsp3) is 0.200. The number of nitrogens with one attached hydrogen (secondary N) is 1. The Morgan fingerprint density at radius 3 is 2.90 bits per heavy atom. The smallest absolute Gasteiger partial charge is 0.276 e. The number of aromatic nitrogens is 1. The maximum atomic E-state index is 12.6. The zero-order valence-corrected chi connectivity index (χ0v) is 11.6. The Bertz CT molecular complexity index is 627. The third-order valence-corrected chi connectivity index (χ3v) is 3.48. The van der Waals surface area contributed by atoms with Crippen molar-refractivity contribution in [2.75, 3.05) is 23.3 Å². The molecule has 0 spiro atoms. The number of nitrogens with zero attached hydrogens (tertiary/aromatic N) is 2. The molecule has 2 aromatic rings. The summed E-state index contributed by atoms with van der Waals surface area (Å²) in [7, 11) is 0. The maximum Gasteiger partial charge on any atom is 0.276 e. The summed E-state index contributed by atoms with van der Waals surface area (Å²) < 4.78 is 0. The molecule has 0 atom stereocenters. The van der Waals surface area contributed by atoms with Crippen molar-refractivity contribution in [1.82, 2.24) is 4.98 Å². The van der Waals surface area contributed by atoms with E-state index < -0.39 is 0 Å². The van der Waals surface area contributed by atoms with Gasteiger partial charge in [0.25, 0.3) is 5.91 Å². The molecule has 1 amide bonds. The first kappa shape index (κ1) is 12.9. The Kier molecular flexibility index (Phi) is 3.56. The van der Waals surface area contributed by atoms with Gasteiger partial charge in [0.15, 0.2) is 0 Å². The molecule has 0 bridgehead atoms. The summed E-state index contributed by atoms with van der Waals surface area (Å²) in [6, 6.07) is 11.2. The zero-order chi connectivity index (χ0) is 13.9. The Balaban J connectivity index is 1.97. The number of carbonyl (C=O) groups is 1. The monoisotopic (exact) mass is 287 g/mol. The molecule has 0 saturated carbocycles. The van der Waals surface area contributed by atoms with Gasteiger partial charge in [-0.3, -0.25) is 4.79 Å². The van der Waals surface area contributed by atoms with E-state index in [2.05, 4.69) is 10.3 Å². The highest BCUT2D eigenvalue weighted by Crippen LogP contribution is 2.29. The summed E-state index contributed by atoms with van der Waals surface area (Å²) in [6.45, 7) is 1.53. The fourth-order valence-corrected chi connectivity index (χ4v) is 2.40. The van der Waals surface area contributed by atoms with Gasteiger partial charge in [-0.15, -0.1) is 0 Å². The molecule has 0 aliphatic carbocycles. The van der Waals surface area contributed by atoms with Crippen LogP contribution in [0.15, 0.2) is 42.6 Å². The van der Waals surface area contributed by atoms with Crippen LogP contribution < -0.4 is 10.2 Å². The number of pyridine rings is 1. The zero-order valence-electron chi connectivity index (χ0n) is 10.8. The molecule has 0 saturated heterocycles. The molecule has 2 heterocycles. The average Bonchev–Trinajstić information content (AvgIpc) is 2.69. The van der Waals surface area contributed by atoms with E-state index in [0.29, 0.717) is 17.3 Å². The molecule has 1 aliphatic heterocycles. The Labute approximate surface area is 122 Å². The van der Waals surface area contributed by atoms with E-state index in [1.807, 2.05) is 24.3 Å². The first-order valence-electron chi connectivity index (χ1n) is 6.52. The number of hydrogen-bond acceptors (Lipinski definition) is 3. The van der Waals surface area contributed by atoms with E-state index >= 15 is 0 Å². The third kappa shape index (κ3) is 2.47. The standard InChI is InChI=1S/C15H14ClN3O/c16-11-6-7-13(18-10-11)15(20)19-9-3-8-17-12-4-1-2-5-14(12)19/h1-2,4-7,10,17H,3,8-9H2. The van der Waals surface area contributed by atoms with Crippen LogP contribution in [-0.2, 0) is 0 Å². The van der Waals surface area contributed by atoms with Gasteiger partial charge in [-0.2, -0.15) is 0 Å². The van der Waals surface area contributed by atoms with Crippen molar-refractivity contribution in [3.63, 3.8) is 0 Å². The fourth-order valence-electron chi connectivity index (χ4n) is 2.29. The van der Waals surface area contributed by atoms with Crippen LogP contribution in [0.4, 0.5) is 11.4 Å². The average molecular weight is 288 g/mol. The Morgan fingerprint density at radius 2 is 2.10 bits per heavy atom. The van der Waals surface area contributed by atoms with Gasteiger partial charge >= 0.3 is 0 Å². The molecular weight excluding hydrogens is 274 g/mol. The molecule has 0 fully saturated rings. The number of carbonyl (C=O) groups excluding carboxylic acids is 1. The second-order valence-corrected chi connectivity index (χ2v) is 5.05. The van der Waals surface area contributed by atoms with Gasteiger partial charge in [0.1, 0.15) is 5.69 Å². The number of fused-ring (bicyclic) bond motifs is 1. The SMILES string of the molecule is O=C(c1ccc(Cl)cn1)N1CCCNc2ccccc21. The highest BCUT2D eigenvalue weighted by molar-refractivity contribution is 6.30. The molecule has 3 rings (SSSR count). The van der Waals surface area contributed by atoms with Gasteiger partial charge in [0, 0.05) is 19.3 Å². The topological polar surface area (TPSA) is 45.2 Å². The van der Waals surface area contributed by atoms with Gasteiger partial charge in [-0.05, 0) is 30.7 Å². The lowest BCUT2D eigenvalue weighted by molar-refractivity contribution is 0.0982. The lowest BCUT2D eigenvalue weighted by Crippen LogP contribution is -2.32. The van der Waals surface area contributed by atoms with Crippen LogP contribution in [0, 0.1) is 0 Å². The third-order valence-electron chi connectivity index (χ3n) is 3.26. The number of benzene rings is 1. The van der Waals surface area contributed by atoms with Crippen LogP contribution in [0.1, 0.15) is 16.9 Å². The van der Waals surface area contributed by atoms with Crippen molar-refractivity contribution in [1.29, 1.82) is 0 Å². The molecule has 1 aliphatic rings. The molecule has 1 N–H and O–H groups in total. The number of anilines is 2. The van der Waals surface area contributed by atoms with Crippen LogP contribution in [0.5, 0.6) is 0 Å².